The minimum Gasteiger partial charge on any atom is -0.462 e. The second-order valence-corrected chi connectivity index (χ2v) is 34.4. The molecule has 0 fully saturated rings. The summed E-state index contributed by atoms with van der Waals surface area (Å²) in [5.41, 5.74) is 0. The molecule has 0 aliphatic heterocycles. The number of unbranched alkanes of at least 4 members (excludes halogenated alkanes) is 54. The van der Waals surface area contributed by atoms with Crippen LogP contribution in [0, 0.1) is 11.8 Å². The summed E-state index contributed by atoms with van der Waals surface area (Å²) in [5, 5.41) is 10.7. The van der Waals surface area contributed by atoms with Crippen molar-refractivity contribution in [1.29, 1.82) is 0 Å². The lowest BCUT2D eigenvalue weighted by Crippen LogP contribution is -2.30. The molecule has 0 aromatic rings. The molecule has 0 heterocycles. The fourth-order valence-electron chi connectivity index (χ4n) is 13.2. The highest BCUT2D eigenvalue weighted by Crippen LogP contribution is 2.45. The predicted octanol–water partition coefficient (Wildman–Crippen LogP) is 25.8. The summed E-state index contributed by atoms with van der Waals surface area (Å²) in [6.45, 7) is 9.71. The van der Waals surface area contributed by atoms with E-state index in [1.165, 1.54) is 270 Å². The van der Waals surface area contributed by atoms with Gasteiger partial charge in [0.25, 0.3) is 0 Å². The van der Waals surface area contributed by atoms with Gasteiger partial charge < -0.3 is 33.8 Å². The lowest BCUT2D eigenvalue weighted by atomic mass is 10.0. The Morgan fingerprint density at radius 3 is 0.654 bits per heavy atom. The molecule has 618 valence electrons. The molecule has 17 nitrogen and oxygen atoms in total. The third-order valence-corrected chi connectivity index (χ3v) is 21.9. The molecule has 0 radical (unpaired) electrons. The molecule has 0 saturated heterocycles. The van der Waals surface area contributed by atoms with Gasteiger partial charge in [-0.3, -0.25) is 37.3 Å². The third kappa shape index (κ3) is 78.2. The Balaban J connectivity index is 5.25. The Hall–Kier alpha value is -1.94. The van der Waals surface area contributed by atoms with Crippen molar-refractivity contribution in [3.05, 3.63) is 0 Å². The molecule has 0 aromatic heterocycles. The molecule has 5 atom stereocenters. The average Bonchev–Trinajstić information content (AvgIpc) is 0.904. The number of hydrogen-bond donors (Lipinski definition) is 3. The van der Waals surface area contributed by atoms with Crippen LogP contribution >= 0.6 is 15.6 Å². The number of phosphoric acid groups is 2. The zero-order valence-electron chi connectivity index (χ0n) is 68.3. The smallest absolute Gasteiger partial charge is 0.462 e. The van der Waals surface area contributed by atoms with Crippen LogP contribution in [0.1, 0.15) is 452 Å². The molecule has 0 saturated carbocycles. The lowest BCUT2D eigenvalue weighted by molar-refractivity contribution is -0.161. The number of carbonyl (C=O) groups is 4. The Kier molecular flexibility index (Phi) is 75.0. The summed E-state index contributed by atoms with van der Waals surface area (Å²) in [4.78, 5) is 73.2. The molecular formula is C85H166O17P2. The Bertz CT molecular complexity index is 1990. The van der Waals surface area contributed by atoms with E-state index < -0.39 is 97.5 Å². The number of hydrogen-bond acceptors (Lipinski definition) is 15. The van der Waals surface area contributed by atoms with Crippen LogP contribution in [0.4, 0.5) is 0 Å². The van der Waals surface area contributed by atoms with Gasteiger partial charge in [0.2, 0.25) is 0 Å². The van der Waals surface area contributed by atoms with E-state index in [1.807, 2.05) is 0 Å². The first-order valence-electron chi connectivity index (χ1n) is 44.0. The highest BCUT2D eigenvalue weighted by Gasteiger charge is 2.30. The maximum absolute atomic E-state index is 13.1. The van der Waals surface area contributed by atoms with Crippen molar-refractivity contribution in [2.45, 2.75) is 471 Å². The summed E-state index contributed by atoms with van der Waals surface area (Å²) >= 11 is 0. The summed E-state index contributed by atoms with van der Waals surface area (Å²) in [7, 11) is -9.93. The Morgan fingerprint density at radius 1 is 0.260 bits per heavy atom. The molecule has 0 aromatic carbocycles. The first kappa shape index (κ1) is 102. The van der Waals surface area contributed by atoms with Crippen molar-refractivity contribution in [3.63, 3.8) is 0 Å². The zero-order valence-corrected chi connectivity index (χ0v) is 70.1. The fraction of sp³-hybridized carbons (Fsp3) is 0.953. The van der Waals surface area contributed by atoms with Crippen LogP contribution in [0.15, 0.2) is 0 Å². The molecule has 0 aliphatic rings. The van der Waals surface area contributed by atoms with E-state index in [9.17, 15) is 43.2 Å². The average molecular weight is 1520 g/mol. The monoisotopic (exact) mass is 1520 g/mol. The number of rotatable bonds is 84. The van der Waals surface area contributed by atoms with Crippen LogP contribution in [0.3, 0.4) is 0 Å². The zero-order chi connectivity index (χ0) is 76.4. The number of phosphoric ester groups is 2. The van der Waals surface area contributed by atoms with Gasteiger partial charge in [0.05, 0.1) is 26.4 Å². The first-order valence-corrected chi connectivity index (χ1v) is 47.0. The summed E-state index contributed by atoms with van der Waals surface area (Å²) in [6, 6.07) is 0. The lowest BCUT2D eigenvalue weighted by Gasteiger charge is -2.21. The standard InChI is InChI=1S/C85H166O17P2/c1-7-9-11-13-15-17-19-20-21-22-23-27-32-38-44-50-56-62-68-83(88)96-74-81(102-84(89)69-63-57-51-45-39-33-28-25-24-26-30-36-41-47-53-59-65-77(3)4)76-100-104(93,94)98-72-79(86)71-97-103(91,92)99-75-80(73-95-82(87)67-61-55-49-43-35-18-16-14-12-10-8-2)101-85(90)70-64-58-52-46-40-34-29-31-37-42-48-54-60-66-78(5)6/h77-81,86H,7-76H2,1-6H3,(H,91,92)(H,93,94)/t79-,80+,81+/m0/s1. The summed E-state index contributed by atoms with van der Waals surface area (Å²) < 4.78 is 68.9. The normalized spacial score (nSPS) is 13.8. The number of aliphatic hydroxyl groups excluding tert-OH is 1. The van der Waals surface area contributed by atoms with Crippen LogP contribution in [-0.2, 0) is 65.4 Å². The van der Waals surface area contributed by atoms with Crippen molar-refractivity contribution in [3.8, 4) is 0 Å². The summed E-state index contributed by atoms with van der Waals surface area (Å²) in [5.74, 6) is -0.506. The highest BCUT2D eigenvalue weighted by atomic mass is 31.2. The van der Waals surface area contributed by atoms with Gasteiger partial charge in [-0.05, 0) is 37.5 Å². The second kappa shape index (κ2) is 76.4. The second-order valence-electron chi connectivity index (χ2n) is 31.5. The summed E-state index contributed by atoms with van der Waals surface area (Å²) in [6.07, 6.45) is 67.9. The van der Waals surface area contributed by atoms with Gasteiger partial charge in [-0.15, -0.1) is 0 Å². The molecule has 3 N–H and O–H groups in total. The maximum Gasteiger partial charge on any atom is 0.472 e. The van der Waals surface area contributed by atoms with Gasteiger partial charge in [0, 0.05) is 25.7 Å². The predicted molar refractivity (Wildman–Crippen MR) is 428 cm³/mol. The van der Waals surface area contributed by atoms with Crippen molar-refractivity contribution in [2.24, 2.45) is 11.8 Å². The van der Waals surface area contributed by atoms with Crippen LogP contribution in [-0.4, -0.2) is 96.7 Å². The van der Waals surface area contributed by atoms with E-state index in [-0.39, 0.29) is 25.7 Å². The molecule has 19 heteroatoms. The fourth-order valence-corrected chi connectivity index (χ4v) is 14.8. The first-order chi connectivity index (χ1) is 50.4. The van der Waals surface area contributed by atoms with Gasteiger partial charge in [-0.25, -0.2) is 9.13 Å². The molecule has 0 aliphatic carbocycles. The Labute approximate surface area is 638 Å². The van der Waals surface area contributed by atoms with E-state index in [1.54, 1.807) is 0 Å². The topological polar surface area (TPSA) is 237 Å². The number of carbonyl (C=O) groups excluding carboxylic acids is 4. The van der Waals surface area contributed by atoms with E-state index >= 15 is 0 Å². The van der Waals surface area contributed by atoms with Gasteiger partial charge >= 0.3 is 39.5 Å². The van der Waals surface area contributed by atoms with Gasteiger partial charge in [0.1, 0.15) is 19.3 Å². The quantitative estimate of drug-likeness (QED) is 0.0222. The molecule has 0 rings (SSSR count). The van der Waals surface area contributed by atoms with E-state index in [0.717, 1.165) is 102 Å². The van der Waals surface area contributed by atoms with Crippen molar-refractivity contribution in [2.75, 3.05) is 39.6 Å². The molecule has 104 heavy (non-hydrogen) atoms. The third-order valence-electron chi connectivity index (χ3n) is 20.0. The SMILES string of the molecule is CCCCCCCCCCCCCCCCCCCCC(=O)OC[C@H](COP(=O)(O)OC[C@@H](O)COP(=O)(O)OC[C@@H](COC(=O)CCCCCCCCCCCCC)OC(=O)CCCCCCCCCCCCCCCC(C)C)OC(=O)CCCCCCCCCCCCCCCCCCC(C)C. The van der Waals surface area contributed by atoms with Crippen molar-refractivity contribution < 1.29 is 80.2 Å². The van der Waals surface area contributed by atoms with Crippen molar-refractivity contribution in [1.82, 2.24) is 0 Å². The highest BCUT2D eigenvalue weighted by molar-refractivity contribution is 7.47. The van der Waals surface area contributed by atoms with Crippen molar-refractivity contribution >= 4 is 39.5 Å². The van der Waals surface area contributed by atoms with Crippen LogP contribution in [0.5, 0.6) is 0 Å². The largest absolute Gasteiger partial charge is 0.472 e. The number of aliphatic hydroxyl groups is 1. The van der Waals surface area contributed by atoms with E-state index in [2.05, 4.69) is 41.5 Å². The van der Waals surface area contributed by atoms with E-state index in [4.69, 9.17) is 37.0 Å². The maximum atomic E-state index is 13.1. The molecule has 0 spiro atoms. The minimum absolute atomic E-state index is 0.108. The van der Waals surface area contributed by atoms with Gasteiger partial charge in [0.15, 0.2) is 12.2 Å². The Morgan fingerprint density at radius 2 is 0.442 bits per heavy atom. The molecule has 0 amide bonds. The van der Waals surface area contributed by atoms with Gasteiger partial charge in [-0.1, -0.05) is 401 Å². The van der Waals surface area contributed by atoms with Gasteiger partial charge in [-0.2, -0.15) is 0 Å². The molecular weight excluding hydrogens is 1350 g/mol. The molecule has 0 bridgehead atoms. The van der Waals surface area contributed by atoms with Crippen LogP contribution in [0.2, 0.25) is 0 Å². The number of ether oxygens (including phenoxy) is 4. The number of esters is 4. The molecule has 2 unspecified atom stereocenters. The van der Waals surface area contributed by atoms with E-state index in [0.29, 0.717) is 25.7 Å². The van der Waals surface area contributed by atoms with Crippen LogP contribution in [0.25, 0.3) is 0 Å². The minimum atomic E-state index is -4.96. The van der Waals surface area contributed by atoms with Crippen LogP contribution < -0.4 is 0 Å².